The third-order valence-electron chi connectivity index (χ3n) is 3.52. The largest absolute Gasteiger partial charge is 0.391 e. The summed E-state index contributed by atoms with van der Waals surface area (Å²) in [6.45, 7) is 3.37. The van der Waals surface area contributed by atoms with E-state index in [1.165, 1.54) is 16.8 Å². The SMILES string of the molecule is CC1O[C@H]2[C@@H](O1)[C@H](n1ccc(N)nc1=O)O[C@@H]2[C@H](C)O. The average Bonchev–Trinajstić information content (AvgIpc) is 2.87. The molecule has 2 aliphatic heterocycles. The van der Waals surface area contributed by atoms with Gasteiger partial charge in [0.05, 0.1) is 6.10 Å². The van der Waals surface area contributed by atoms with Crippen molar-refractivity contribution in [2.45, 2.75) is 50.8 Å². The Kier molecular flexibility index (Phi) is 3.25. The van der Waals surface area contributed by atoms with Crippen molar-refractivity contribution in [3.8, 4) is 0 Å². The fourth-order valence-corrected chi connectivity index (χ4v) is 2.67. The summed E-state index contributed by atoms with van der Waals surface area (Å²) >= 11 is 0. The molecule has 6 atom stereocenters. The van der Waals surface area contributed by atoms with Gasteiger partial charge in [-0.3, -0.25) is 4.57 Å². The van der Waals surface area contributed by atoms with E-state index < -0.39 is 42.6 Å². The zero-order chi connectivity index (χ0) is 14.4. The second-order valence-electron chi connectivity index (χ2n) is 5.04. The summed E-state index contributed by atoms with van der Waals surface area (Å²) in [5.41, 5.74) is 4.94. The van der Waals surface area contributed by atoms with Gasteiger partial charge in [0.15, 0.2) is 12.5 Å². The Balaban J connectivity index is 1.95. The van der Waals surface area contributed by atoms with Crippen LogP contribution in [0.5, 0.6) is 0 Å². The lowest BCUT2D eigenvalue weighted by Gasteiger charge is -2.21. The minimum Gasteiger partial charge on any atom is -0.391 e. The first-order valence-electron chi connectivity index (χ1n) is 6.46. The number of hydrogen-bond donors (Lipinski definition) is 2. The maximum atomic E-state index is 11.9. The van der Waals surface area contributed by atoms with Crippen LogP contribution >= 0.6 is 0 Å². The normalized spacial score (nSPS) is 37.9. The van der Waals surface area contributed by atoms with E-state index in [9.17, 15) is 9.90 Å². The average molecular weight is 283 g/mol. The van der Waals surface area contributed by atoms with Crippen LogP contribution in [0.1, 0.15) is 20.1 Å². The van der Waals surface area contributed by atoms with Crippen LogP contribution in [0.3, 0.4) is 0 Å². The number of fused-ring (bicyclic) bond motifs is 1. The van der Waals surface area contributed by atoms with Crippen molar-refractivity contribution < 1.29 is 19.3 Å². The summed E-state index contributed by atoms with van der Waals surface area (Å²) in [4.78, 5) is 15.6. The fraction of sp³-hybridized carbons (Fsp3) is 0.667. The Morgan fingerprint density at radius 2 is 2.10 bits per heavy atom. The van der Waals surface area contributed by atoms with E-state index >= 15 is 0 Å². The smallest absolute Gasteiger partial charge is 0.351 e. The molecule has 0 aromatic carbocycles. The Morgan fingerprint density at radius 1 is 1.40 bits per heavy atom. The topological polar surface area (TPSA) is 109 Å². The molecule has 0 saturated carbocycles. The van der Waals surface area contributed by atoms with Crippen LogP contribution in [0.2, 0.25) is 0 Å². The quantitative estimate of drug-likeness (QED) is 0.733. The van der Waals surface area contributed by atoms with Gasteiger partial charge in [-0.15, -0.1) is 0 Å². The van der Waals surface area contributed by atoms with Gasteiger partial charge in [0.2, 0.25) is 0 Å². The van der Waals surface area contributed by atoms with Crippen molar-refractivity contribution in [2.75, 3.05) is 5.73 Å². The van der Waals surface area contributed by atoms with Crippen LogP contribution in [-0.2, 0) is 14.2 Å². The predicted molar refractivity (Wildman–Crippen MR) is 67.7 cm³/mol. The molecule has 3 rings (SSSR count). The lowest BCUT2D eigenvalue weighted by Crippen LogP contribution is -2.36. The van der Waals surface area contributed by atoms with Gasteiger partial charge in [-0.25, -0.2) is 4.79 Å². The van der Waals surface area contributed by atoms with Gasteiger partial charge in [-0.2, -0.15) is 4.98 Å². The van der Waals surface area contributed by atoms with E-state index in [0.717, 1.165) is 0 Å². The monoisotopic (exact) mass is 283 g/mol. The number of aliphatic hydroxyl groups is 1. The molecule has 0 bridgehead atoms. The minimum atomic E-state index is -0.737. The van der Waals surface area contributed by atoms with Crippen molar-refractivity contribution in [1.29, 1.82) is 0 Å². The molecular weight excluding hydrogens is 266 g/mol. The van der Waals surface area contributed by atoms with Crippen molar-refractivity contribution in [1.82, 2.24) is 9.55 Å². The first-order chi connectivity index (χ1) is 9.47. The van der Waals surface area contributed by atoms with Crippen LogP contribution in [0.25, 0.3) is 0 Å². The van der Waals surface area contributed by atoms with Crippen LogP contribution in [0.15, 0.2) is 17.1 Å². The lowest BCUT2D eigenvalue weighted by molar-refractivity contribution is -0.156. The maximum absolute atomic E-state index is 11.9. The Bertz CT molecular complexity index is 560. The number of rotatable bonds is 2. The van der Waals surface area contributed by atoms with Crippen molar-refractivity contribution >= 4 is 5.82 Å². The molecule has 3 heterocycles. The molecular formula is C12H17N3O5. The summed E-state index contributed by atoms with van der Waals surface area (Å²) in [5, 5.41) is 9.78. The van der Waals surface area contributed by atoms with Gasteiger partial charge in [-0.05, 0) is 19.9 Å². The molecule has 3 N–H and O–H groups in total. The molecule has 0 amide bonds. The standard InChI is InChI=1S/C12H17N3O5/c1-5(16)8-9-10(19-6(2)18-9)11(20-8)15-4-3-7(13)14-12(15)17/h3-6,8-11,16H,1-2H3,(H2,13,14,17)/t5-,6?,8+,9+,10+,11+/m0/s1. The molecule has 20 heavy (non-hydrogen) atoms. The van der Waals surface area contributed by atoms with E-state index in [1.807, 2.05) is 0 Å². The molecule has 8 heteroatoms. The van der Waals surface area contributed by atoms with Gasteiger partial charge in [0.1, 0.15) is 24.1 Å². The Labute approximate surface area is 115 Å². The number of ether oxygens (including phenoxy) is 3. The van der Waals surface area contributed by atoms with Gasteiger partial charge in [0, 0.05) is 6.20 Å². The molecule has 0 aliphatic carbocycles. The first kappa shape index (κ1) is 13.5. The third kappa shape index (κ3) is 2.10. The highest BCUT2D eigenvalue weighted by Gasteiger charge is 2.54. The summed E-state index contributed by atoms with van der Waals surface area (Å²) in [7, 11) is 0. The number of anilines is 1. The van der Waals surface area contributed by atoms with Gasteiger partial charge in [0.25, 0.3) is 0 Å². The molecule has 2 fully saturated rings. The Morgan fingerprint density at radius 3 is 2.75 bits per heavy atom. The van der Waals surface area contributed by atoms with Gasteiger partial charge < -0.3 is 25.1 Å². The highest BCUT2D eigenvalue weighted by Crippen LogP contribution is 2.39. The number of nitrogens with two attached hydrogens (primary N) is 1. The summed E-state index contributed by atoms with van der Waals surface area (Å²) < 4.78 is 18.3. The van der Waals surface area contributed by atoms with Gasteiger partial charge in [-0.1, -0.05) is 0 Å². The number of nitrogen functional groups attached to an aromatic ring is 1. The van der Waals surface area contributed by atoms with E-state index in [2.05, 4.69) is 4.98 Å². The molecule has 0 radical (unpaired) electrons. The van der Waals surface area contributed by atoms with E-state index in [-0.39, 0.29) is 5.82 Å². The highest BCUT2D eigenvalue weighted by atomic mass is 16.8. The number of nitrogens with zero attached hydrogens (tertiary/aromatic N) is 2. The van der Waals surface area contributed by atoms with Gasteiger partial charge >= 0.3 is 5.69 Å². The third-order valence-corrected chi connectivity index (χ3v) is 3.52. The minimum absolute atomic E-state index is 0.143. The lowest BCUT2D eigenvalue weighted by atomic mass is 10.1. The number of aromatic nitrogens is 2. The maximum Gasteiger partial charge on any atom is 0.351 e. The predicted octanol–water partition coefficient (Wildman–Crippen LogP) is -0.766. The van der Waals surface area contributed by atoms with Crippen LogP contribution < -0.4 is 11.4 Å². The summed E-state index contributed by atoms with van der Waals surface area (Å²) in [6.07, 6.45) is -1.77. The molecule has 1 aromatic rings. The number of hydrogen-bond acceptors (Lipinski definition) is 7. The van der Waals surface area contributed by atoms with Crippen molar-refractivity contribution in [3.63, 3.8) is 0 Å². The van der Waals surface area contributed by atoms with E-state index in [0.29, 0.717) is 0 Å². The zero-order valence-corrected chi connectivity index (χ0v) is 11.2. The molecule has 8 nitrogen and oxygen atoms in total. The second-order valence-corrected chi connectivity index (χ2v) is 5.04. The van der Waals surface area contributed by atoms with Crippen LogP contribution in [-0.4, -0.2) is 45.4 Å². The van der Waals surface area contributed by atoms with Crippen molar-refractivity contribution in [2.24, 2.45) is 0 Å². The molecule has 2 saturated heterocycles. The van der Waals surface area contributed by atoms with Crippen LogP contribution in [0, 0.1) is 0 Å². The molecule has 110 valence electrons. The fourth-order valence-electron chi connectivity index (χ4n) is 2.67. The summed E-state index contributed by atoms with van der Waals surface area (Å²) in [5.74, 6) is 0.143. The first-order valence-corrected chi connectivity index (χ1v) is 6.46. The van der Waals surface area contributed by atoms with Crippen LogP contribution in [0.4, 0.5) is 5.82 Å². The second kappa shape index (κ2) is 4.81. The molecule has 2 aliphatic rings. The van der Waals surface area contributed by atoms with E-state index in [4.69, 9.17) is 19.9 Å². The van der Waals surface area contributed by atoms with E-state index in [1.54, 1.807) is 13.8 Å². The molecule has 1 unspecified atom stereocenters. The highest BCUT2D eigenvalue weighted by molar-refractivity contribution is 5.23. The van der Waals surface area contributed by atoms with Crippen molar-refractivity contribution in [3.05, 3.63) is 22.7 Å². The molecule has 0 spiro atoms. The molecule has 1 aromatic heterocycles. The summed E-state index contributed by atoms with van der Waals surface area (Å²) in [6, 6.07) is 1.51. The Hall–Kier alpha value is -1.48. The number of aliphatic hydroxyl groups excluding tert-OH is 1. The zero-order valence-electron chi connectivity index (χ0n) is 11.2.